The van der Waals surface area contributed by atoms with Crippen molar-refractivity contribution in [1.82, 2.24) is 0 Å². The van der Waals surface area contributed by atoms with Crippen LogP contribution in [0.3, 0.4) is 0 Å². The number of benzene rings is 2. The highest BCUT2D eigenvalue weighted by atomic mass is 79.9. The second kappa shape index (κ2) is 7.05. The summed E-state index contributed by atoms with van der Waals surface area (Å²) in [5, 5.41) is 4.83. The van der Waals surface area contributed by atoms with Crippen LogP contribution in [0.15, 0.2) is 68.2 Å². The molecule has 1 aliphatic rings. The SMILES string of the molecule is O=C1C[C@H](c2ccc(Br)cc2)c2scc(S(=O)(=O)c3ccc(Cl)cc3)c2N1. The van der Waals surface area contributed by atoms with Crippen LogP contribution >= 0.6 is 38.9 Å². The summed E-state index contributed by atoms with van der Waals surface area (Å²) in [6.45, 7) is 0. The third-order valence-electron chi connectivity index (χ3n) is 4.44. The van der Waals surface area contributed by atoms with E-state index in [-0.39, 0.29) is 28.0 Å². The molecule has 0 fully saturated rings. The van der Waals surface area contributed by atoms with E-state index in [0.717, 1.165) is 14.9 Å². The summed E-state index contributed by atoms with van der Waals surface area (Å²) in [5.74, 6) is -0.359. The maximum atomic E-state index is 13.1. The van der Waals surface area contributed by atoms with Gasteiger partial charge in [0.05, 0.1) is 10.6 Å². The number of carbonyl (C=O) groups is 1. The van der Waals surface area contributed by atoms with Crippen molar-refractivity contribution in [1.29, 1.82) is 0 Å². The Bertz CT molecular complexity index is 1120. The average Bonchev–Trinajstić information content (AvgIpc) is 3.06. The van der Waals surface area contributed by atoms with Crippen molar-refractivity contribution in [2.75, 3.05) is 5.32 Å². The lowest BCUT2D eigenvalue weighted by molar-refractivity contribution is -0.116. The summed E-state index contributed by atoms with van der Waals surface area (Å²) in [4.78, 5) is 13.4. The van der Waals surface area contributed by atoms with Crippen molar-refractivity contribution < 1.29 is 13.2 Å². The summed E-state index contributed by atoms with van der Waals surface area (Å²) in [6, 6.07) is 13.7. The Morgan fingerprint density at radius 1 is 1.07 bits per heavy atom. The Morgan fingerprint density at radius 2 is 1.74 bits per heavy atom. The molecule has 2 aromatic carbocycles. The van der Waals surface area contributed by atoms with Crippen molar-refractivity contribution in [2.24, 2.45) is 0 Å². The Balaban J connectivity index is 1.82. The molecule has 4 rings (SSSR count). The van der Waals surface area contributed by atoms with Gasteiger partial charge in [-0.3, -0.25) is 4.79 Å². The monoisotopic (exact) mass is 481 g/mol. The lowest BCUT2D eigenvalue weighted by atomic mass is 9.91. The molecule has 1 atom stereocenters. The van der Waals surface area contributed by atoms with Crippen molar-refractivity contribution in [3.05, 3.63) is 73.8 Å². The molecule has 4 nitrogen and oxygen atoms in total. The molecule has 0 saturated heterocycles. The summed E-state index contributed by atoms with van der Waals surface area (Å²) in [6.07, 6.45) is 0.287. The minimum atomic E-state index is -3.76. The smallest absolute Gasteiger partial charge is 0.225 e. The number of hydrogen-bond donors (Lipinski definition) is 1. The first-order valence-corrected chi connectivity index (χ1v) is 11.6. The van der Waals surface area contributed by atoms with Gasteiger partial charge in [-0.2, -0.15) is 0 Å². The quantitative estimate of drug-likeness (QED) is 0.538. The van der Waals surface area contributed by atoms with Crippen molar-refractivity contribution in [3.63, 3.8) is 0 Å². The van der Waals surface area contributed by atoms with E-state index in [1.807, 2.05) is 24.3 Å². The second-order valence-corrected chi connectivity index (χ2v) is 10.3. The molecule has 1 aliphatic heterocycles. The van der Waals surface area contributed by atoms with Crippen molar-refractivity contribution >= 4 is 60.3 Å². The van der Waals surface area contributed by atoms with E-state index in [9.17, 15) is 13.2 Å². The first kappa shape index (κ1) is 18.7. The van der Waals surface area contributed by atoms with Gasteiger partial charge in [-0.25, -0.2) is 8.42 Å². The number of carbonyl (C=O) groups excluding carboxylic acids is 1. The van der Waals surface area contributed by atoms with E-state index < -0.39 is 9.84 Å². The minimum Gasteiger partial charge on any atom is -0.324 e. The van der Waals surface area contributed by atoms with Crippen LogP contribution in [0.5, 0.6) is 0 Å². The van der Waals surface area contributed by atoms with Crippen molar-refractivity contribution in [3.8, 4) is 0 Å². The molecule has 138 valence electrons. The fourth-order valence-electron chi connectivity index (χ4n) is 3.11. The van der Waals surface area contributed by atoms with Gasteiger partial charge in [-0.15, -0.1) is 11.3 Å². The average molecular weight is 483 g/mol. The zero-order chi connectivity index (χ0) is 19.2. The number of rotatable bonds is 3. The van der Waals surface area contributed by atoms with Crippen molar-refractivity contribution in [2.45, 2.75) is 22.1 Å². The van der Waals surface area contributed by atoms with Crippen LogP contribution in [0.2, 0.25) is 5.02 Å². The van der Waals surface area contributed by atoms with E-state index in [2.05, 4.69) is 21.2 Å². The minimum absolute atomic E-state index is 0.125. The van der Waals surface area contributed by atoms with Crippen LogP contribution in [0.1, 0.15) is 22.8 Å². The van der Waals surface area contributed by atoms with Crippen LogP contribution in [-0.4, -0.2) is 14.3 Å². The summed E-state index contributed by atoms with van der Waals surface area (Å²) < 4.78 is 27.1. The van der Waals surface area contributed by atoms with Gasteiger partial charge in [-0.05, 0) is 42.0 Å². The number of sulfone groups is 1. The molecular formula is C19H13BrClNO3S2. The van der Waals surface area contributed by atoms with Crippen LogP contribution < -0.4 is 5.32 Å². The van der Waals surface area contributed by atoms with Crippen LogP contribution in [-0.2, 0) is 14.6 Å². The van der Waals surface area contributed by atoms with E-state index >= 15 is 0 Å². The van der Waals surface area contributed by atoms with Gasteiger partial charge in [0.15, 0.2) is 0 Å². The Labute approximate surface area is 174 Å². The molecule has 0 spiro atoms. The first-order valence-electron chi connectivity index (χ1n) is 8.03. The summed E-state index contributed by atoms with van der Waals surface area (Å²) >= 11 is 10.6. The zero-order valence-corrected chi connectivity index (χ0v) is 17.8. The predicted octanol–water partition coefficient (Wildman–Crippen LogP) is 5.47. The molecule has 2 heterocycles. The third-order valence-corrected chi connectivity index (χ3v) is 8.26. The Hall–Kier alpha value is -1.67. The second-order valence-electron chi connectivity index (χ2n) is 6.15. The molecule has 0 unspecified atom stereocenters. The maximum Gasteiger partial charge on any atom is 0.225 e. The number of amides is 1. The molecule has 27 heavy (non-hydrogen) atoms. The lowest BCUT2D eigenvalue weighted by Crippen LogP contribution is -2.23. The highest BCUT2D eigenvalue weighted by Gasteiger charge is 2.34. The predicted molar refractivity (Wildman–Crippen MR) is 110 cm³/mol. The Morgan fingerprint density at radius 3 is 2.41 bits per heavy atom. The third kappa shape index (κ3) is 3.45. The number of fused-ring (bicyclic) bond motifs is 1. The molecule has 0 aliphatic carbocycles. The van der Waals surface area contributed by atoms with E-state index in [4.69, 9.17) is 11.6 Å². The largest absolute Gasteiger partial charge is 0.324 e. The normalized spacial score (nSPS) is 16.7. The number of halogens is 2. The molecular weight excluding hydrogens is 470 g/mol. The highest BCUT2D eigenvalue weighted by molar-refractivity contribution is 9.10. The molecule has 1 amide bonds. The van der Waals surface area contributed by atoms with E-state index in [1.54, 1.807) is 5.38 Å². The van der Waals surface area contributed by atoms with E-state index in [0.29, 0.717) is 10.7 Å². The highest BCUT2D eigenvalue weighted by Crippen LogP contribution is 2.46. The molecule has 0 saturated carbocycles. The number of hydrogen-bond acceptors (Lipinski definition) is 4. The van der Waals surface area contributed by atoms with Gasteiger partial charge < -0.3 is 5.32 Å². The fourth-order valence-corrected chi connectivity index (χ4v) is 6.41. The lowest BCUT2D eigenvalue weighted by Gasteiger charge is -2.23. The number of nitrogens with one attached hydrogen (secondary N) is 1. The number of thiophene rings is 1. The topological polar surface area (TPSA) is 63.2 Å². The fraction of sp³-hybridized carbons (Fsp3) is 0.105. The first-order chi connectivity index (χ1) is 12.9. The molecule has 8 heteroatoms. The van der Waals surface area contributed by atoms with Crippen LogP contribution in [0.25, 0.3) is 0 Å². The zero-order valence-electron chi connectivity index (χ0n) is 13.8. The van der Waals surface area contributed by atoms with Gasteiger partial charge in [-0.1, -0.05) is 39.7 Å². The molecule has 0 radical (unpaired) electrons. The van der Waals surface area contributed by atoms with E-state index in [1.165, 1.54) is 35.6 Å². The van der Waals surface area contributed by atoms with Gasteiger partial charge in [0.1, 0.15) is 4.90 Å². The molecule has 3 aromatic rings. The van der Waals surface area contributed by atoms with Gasteiger partial charge >= 0.3 is 0 Å². The van der Waals surface area contributed by atoms with Crippen LogP contribution in [0.4, 0.5) is 5.69 Å². The van der Waals surface area contributed by atoms with Crippen LogP contribution in [0, 0.1) is 0 Å². The summed E-state index contributed by atoms with van der Waals surface area (Å²) in [5.41, 5.74) is 1.37. The summed E-state index contributed by atoms with van der Waals surface area (Å²) in [7, 11) is -3.76. The number of anilines is 1. The maximum absolute atomic E-state index is 13.1. The molecule has 1 N–H and O–H groups in total. The molecule has 1 aromatic heterocycles. The molecule has 0 bridgehead atoms. The van der Waals surface area contributed by atoms with Gasteiger partial charge in [0.2, 0.25) is 15.7 Å². The standard InChI is InChI=1S/C19H13BrClNO3S2/c20-12-3-1-11(2-4-12)15-9-17(23)22-18-16(10-26-19(15)18)27(24,25)14-7-5-13(21)6-8-14/h1-8,10,15H,9H2,(H,22,23)/t15-/m1/s1. The van der Waals surface area contributed by atoms with Gasteiger partial charge in [0, 0.05) is 32.1 Å². The Kier molecular flexibility index (Phi) is 4.88. The van der Waals surface area contributed by atoms with Gasteiger partial charge in [0.25, 0.3) is 0 Å².